The number of aliphatic hydroxyl groups is 1. The molecule has 0 unspecified atom stereocenters. The molecule has 1 aromatic rings. The van der Waals surface area contributed by atoms with Crippen LogP contribution in [0, 0.1) is 0 Å². The van der Waals surface area contributed by atoms with Gasteiger partial charge in [-0.15, -0.1) is 0 Å². The molecule has 7 heteroatoms. The van der Waals surface area contributed by atoms with Crippen molar-refractivity contribution in [2.45, 2.75) is 38.1 Å². The number of aliphatic hydroxyl groups excluding tert-OH is 1. The first-order valence-corrected chi connectivity index (χ1v) is 8.20. The highest BCUT2D eigenvalue weighted by atomic mass is 32.2. The standard InChI is InChI=1S/C13H23N3O3S/c1-4-14-13-12(7-5-8-15-13)20(18,19)16(11(2)3)9-6-10-17/h5,7-8,11,17H,4,6,9-10H2,1-3H3,(H,14,15). The second-order valence-corrected chi connectivity index (χ2v) is 6.53. The highest BCUT2D eigenvalue weighted by Gasteiger charge is 2.29. The predicted molar refractivity (Wildman–Crippen MR) is 79.1 cm³/mol. The average molecular weight is 301 g/mol. The van der Waals surface area contributed by atoms with Crippen LogP contribution in [0.2, 0.25) is 0 Å². The van der Waals surface area contributed by atoms with Crippen molar-refractivity contribution < 1.29 is 13.5 Å². The number of sulfonamides is 1. The van der Waals surface area contributed by atoms with Crippen LogP contribution in [0.15, 0.2) is 23.2 Å². The topological polar surface area (TPSA) is 82.5 Å². The first kappa shape index (κ1) is 16.9. The number of hydrogen-bond acceptors (Lipinski definition) is 5. The van der Waals surface area contributed by atoms with E-state index in [9.17, 15) is 8.42 Å². The molecule has 0 radical (unpaired) electrons. The van der Waals surface area contributed by atoms with E-state index in [2.05, 4.69) is 10.3 Å². The molecule has 2 N–H and O–H groups in total. The van der Waals surface area contributed by atoms with Gasteiger partial charge in [-0.3, -0.25) is 0 Å². The summed E-state index contributed by atoms with van der Waals surface area (Å²) in [6.45, 7) is 6.37. The van der Waals surface area contributed by atoms with Crippen LogP contribution in [0.5, 0.6) is 0 Å². The van der Waals surface area contributed by atoms with Crippen LogP contribution in [0.4, 0.5) is 5.82 Å². The minimum atomic E-state index is -3.63. The van der Waals surface area contributed by atoms with Crippen LogP contribution in [0.25, 0.3) is 0 Å². The lowest BCUT2D eigenvalue weighted by atomic mass is 10.3. The Morgan fingerprint density at radius 1 is 1.45 bits per heavy atom. The number of nitrogens with zero attached hydrogens (tertiary/aromatic N) is 2. The molecule has 1 aromatic heterocycles. The normalized spacial score (nSPS) is 12.1. The summed E-state index contributed by atoms with van der Waals surface area (Å²) in [6.07, 6.45) is 1.97. The van der Waals surface area contributed by atoms with E-state index in [1.807, 2.05) is 20.8 Å². The van der Waals surface area contributed by atoms with Gasteiger partial charge in [0.15, 0.2) is 0 Å². The zero-order chi connectivity index (χ0) is 15.2. The first-order chi connectivity index (χ1) is 9.45. The molecule has 0 aromatic carbocycles. The molecule has 114 valence electrons. The monoisotopic (exact) mass is 301 g/mol. The van der Waals surface area contributed by atoms with Crippen LogP contribution < -0.4 is 5.32 Å². The maximum atomic E-state index is 12.7. The highest BCUT2D eigenvalue weighted by molar-refractivity contribution is 7.89. The molecular formula is C13H23N3O3S. The molecule has 20 heavy (non-hydrogen) atoms. The largest absolute Gasteiger partial charge is 0.396 e. The summed E-state index contributed by atoms with van der Waals surface area (Å²) < 4.78 is 26.9. The maximum absolute atomic E-state index is 12.7. The highest BCUT2D eigenvalue weighted by Crippen LogP contribution is 2.24. The molecule has 1 rings (SSSR count). The van der Waals surface area contributed by atoms with E-state index in [1.54, 1.807) is 18.3 Å². The van der Waals surface area contributed by atoms with Crippen LogP contribution in [-0.2, 0) is 10.0 Å². The summed E-state index contributed by atoms with van der Waals surface area (Å²) >= 11 is 0. The molecule has 0 spiro atoms. The number of rotatable bonds is 8. The molecule has 0 saturated carbocycles. The van der Waals surface area contributed by atoms with Crippen molar-refractivity contribution in [1.82, 2.24) is 9.29 Å². The summed E-state index contributed by atoms with van der Waals surface area (Å²) in [5, 5.41) is 11.9. The number of pyridine rings is 1. The molecule has 1 heterocycles. The van der Waals surface area contributed by atoms with E-state index in [0.717, 1.165) is 0 Å². The Balaban J connectivity index is 3.19. The third kappa shape index (κ3) is 3.91. The minimum absolute atomic E-state index is 0.0359. The summed E-state index contributed by atoms with van der Waals surface area (Å²) in [6, 6.07) is 2.98. The van der Waals surface area contributed by atoms with E-state index in [-0.39, 0.29) is 24.1 Å². The Hall–Kier alpha value is -1.18. The van der Waals surface area contributed by atoms with Crippen LogP contribution in [-0.4, -0.2) is 48.6 Å². The fraction of sp³-hybridized carbons (Fsp3) is 0.615. The van der Waals surface area contributed by atoms with Gasteiger partial charge in [0.05, 0.1) is 0 Å². The van der Waals surface area contributed by atoms with Gasteiger partial charge in [-0.1, -0.05) is 0 Å². The van der Waals surface area contributed by atoms with E-state index in [1.165, 1.54) is 4.31 Å². The van der Waals surface area contributed by atoms with Gasteiger partial charge in [-0.2, -0.15) is 4.31 Å². The summed E-state index contributed by atoms with van der Waals surface area (Å²) in [4.78, 5) is 4.26. The zero-order valence-corrected chi connectivity index (χ0v) is 13.0. The van der Waals surface area contributed by atoms with Crippen molar-refractivity contribution >= 4 is 15.8 Å². The molecule has 0 amide bonds. The van der Waals surface area contributed by atoms with Gasteiger partial charge in [-0.05, 0) is 39.3 Å². The van der Waals surface area contributed by atoms with Crippen LogP contribution >= 0.6 is 0 Å². The van der Waals surface area contributed by atoms with Crippen molar-refractivity contribution in [2.24, 2.45) is 0 Å². The van der Waals surface area contributed by atoms with E-state index in [0.29, 0.717) is 18.8 Å². The fourth-order valence-corrected chi connectivity index (χ4v) is 3.70. The number of hydrogen-bond donors (Lipinski definition) is 2. The summed E-state index contributed by atoms with van der Waals surface area (Å²) in [5.74, 6) is 0.365. The van der Waals surface area contributed by atoms with Crippen molar-refractivity contribution in [3.63, 3.8) is 0 Å². The van der Waals surface area contributed by atoms with Gasteiger partial charge in [0.1, 0.15) is 10.7 Å². The van der Waals surface area contributed by atoms with Gasteiger partial charge >= 0.3 is 0 Å². The Bertz CT molecular complexity index is 517. The van der Waals surface area contributed by atoms with E-state index < -0.39 is 10.0 Å². The predicted octanol–water partition coefficient (Wildman–Crippen LogP) is 1.29. The first-order valence-electron chi connectivity index (χ1n) is 6.76. The van der Waals surface area contributed by atoms with E-state index >= 15 is 0 Å². The maximum Gasteiger partial charge on any atom is 0.246 e. The average Bonchev–Trinajstić information content (AvgIpc) is 2.39. The van der Waals surface area contributed by atoms with Gasteiger partial charge in [-0.25, -0.2) is 13.4 Å². The van der Waals surface area contributed by atoms with Gasteiger partial charge in [0, 0.05) is 31.9 Å². The van der Waals surface area contributed by atoms with Gasteiger partial charge in [0.25, 0.3) is 0 Å². The smallest absolute Gasteiger partial charge is 0.246 e. The van der Waals surface area contributed by atoms with E-state index in [4.69, 9.17) is 5.11 Å². The van der Waals surface area contributed by atoms with Crippen LogP contribution in [0.1, 0.15) is 27.2 Å². The summed E-state index contributed by atoms with van der Waals surface area (Å²) in [5.41, 5.74) is 0. The Morgan fingerprint density at radius 3 is 2.70 bits per heavy atom. The fourth-order valence-electron chi connectivity index (χ4n) is 1.91. The van der Waals surface area contributed by atoms with Gasteiger partial charge < -0.3 is 10.4 Å². The molecule has 0 fully saturated rings. The Morgan fingerprint density at radius 2 is 2.15 bits per heavy atom. The van der Waals surface area contributed by atoms with Gasteiger partial charge in [0.2, 0.25) is 10.0 Å². The lowest BCUT2D eigenvalue weighted by Crippen LogP contribution is -2.38. The Kier molecular flexibility index (Phi) is 6.38. The zero-order valence-electron chi connectivity index (χ0n) is 12.2. The van der Waals surface area contributed by atoms with Crippen LogP contribution in [0.3, 0.4) is 0 Å². The van der Waals surface area contributed by atoms with Crippen molar-refractivity contribution in [3.8, 4) is 0 Å². The molecule has 0 aliphatic rings. The molecule has 0 saturated heterocycles. The molecule has 6 nitrogen and oxygen atoms in total. The Labute approximate surface area is 120 Å². The number of aromatic nitrogens is 1. The lowest BCUT2D eigenvalue weighted by molar-refractivity contribution is 0.258. The van der Waals surface area contributed by atoms with Crippen molar-refractivity contribution in [1.29, 1.82) is 0 Å². The SMILES string of the molecule is CCNc1ncccc1S(=O)(=O)N(CCCO)C(C)C. The van der Waals surface area contributed by atoms with Crippen molar-refractivity contribution in [2.75, 3.05) is 25.0 Å². The molecule has 0 atom stereocenters. The molecule has 0 aliphatic heterocycles. The second-order valence-electron chi connectivity index (χ2n) is 4.67. The van der Waals surface area contributed by atoms with Crippen molar-refractivity contribution in [3.05, 3.63) is 18.3 Å². The number of anilines is 1. The lowest BCUT2D eigenvalue weighted by Gasteiger charge is -2.26. The molecule has 0 bridgehead atoms. The third-order valence-corrected chi connectivity index (χ3v) is 4.92. The third-order valence-electron chi connectivity index (χ3n) is 2.81. The quantitative estimate of drug-likeness (QED) is 0.756. The minimum Gasteiger partial charge on any atom is -0.396 e. The number of nitrogens with one attached hydrogen (secondary N) is 1. The molecule has 0 aliphatic carbocycles. The molecular weight excluding hydrogens is 278 g/mol. The summed E-state index contributed by atoms with van der Waals surface area (Å²) in [7, 11) is -3.63. The second kappa shape index (κ2) is 7.56.